The molecule has 0 heterocycles. The van der Waals surface area contributed by atoms with Gasteiger partial charge in [-0.1, -0.05) is 26.0 Å². The van der Waals surface area contributed by atoms with E-state index in [9.17, 15) is 9.59 Å². The molecule has 5 nitrogen and oxygen atoms in total. The van der Waals surface area contributed by atoms with Crippen molar-refractivity contribution in [3.8, 4) is 5.75 Å². The number of hydrogen-bond acceptors (Lipinski definition) is 4. The van der Waals surface area contributed by atoms with Crippen molar-refractivity contribution in [2.45, 2.75) is 46.1 Å². The molecule has 1 rings (SSSR count). The average molecular weight is 320 g/mol. The topological polar surface area (TPSA) is 81.4 Å². The van der Waals surface area contributed by atoms with Crippen LogP contribution in [0.25, 0.3) is 0 Å². The van der Waals surface area contributed by atoms with Crippen molar-refractivity contribution in [2.75, 3.05) is 13.2 Å². The molecule has 3 N–H and O–H groups in total. The smallest absolute Gasteiger partial charge is 0.220 e. The number of nitrogens with two attached hydrogens (primary N) is 1. The molecule has 0 aromatic heterocycles. The summed E-state index contributed by atoms with van der Waals surface area (Å²) in [6, 6.07) is 7.10. The number of nitrogens with one attached hydrogen (secondary N) is 1. The highest BCUT2D eigenvalue weighted by Crippen LogP contribution is 2.14. The maximum atomic E-state index is 11.9. The normalized spacial score (nSPS) is 12.0. The number of hydrogen-bond donors (Lipinski definition) is 2. The highest BCUT2D eigenvalue weighted by molar-refractivity contribution is 5.94. The maximum absolute atomic E-state index is 11.9. The fourth-order valence-corrected chi connectivity index (χ4v) is 2.31. The van der Waals surface area contributed by atoms with Crippen LogP contribution in [-0.4, -0.2) is 30.9 Å². The molecule has 1 aromatic carbocycles. The second-order valence-electron chi connectivity index (χ2n) is 6.17. The van der Waals surface area contributed by atoms with Gasteiger partial charge in [-0.05, 0) is 37.8 Å². The summed E-state index contributed by atoms with van der Waals surface area (Å²) in [4.78, 5) is 23.2. The monoisotopic (exact) mass is 320 g/mol. The number of rotatable bonds is 10. The summed E-state index contributed by atoms with van der Waals surface area (Å²) >= 11 is 0. The third-order valence-corrected chi connectivity index (χ3v) is 3.46. The molecular weight excluding hydrogens is 292 g/mol. The minimum Gasteiger partial charge on any atom is -0.494 e. The molecule has 0 bridgehead atoms. The van der Waals surface area contributed by atoms with Gasteiger partial charge in [0.1, 0.15) is 5.75 Å². The van der Waals surface area contributed by atoms with Crippen LogP contribution in [0.2, 0.25) is 0 Å². The molecule has 0 aliphatic heterocycles. The fraction of sp³-hybridized carbons (Fsp3) is 0.556. The first-order valence-corrected chi connectivity index (χ1v) is 8.15. The summed E-state index contributed by atoms with van der Waals surface area (Å²) in [6.45, 7) is 6.63. The van der Waals surface area contributed by atoms with Crippen molar-refractivity contribution in [2.24, 2.45) is 11.7 Å². The number of benzene rings is 1. The van der Waals surface area contributed by atoms with Gasteiger partial charge in [-0.3, -0.25) is 9.59 Å². The summed E-state index contributed by atoms with van der Waals surface area (Å²) in [7, 11) is 0. The molecule has 0 aliphatic rings. The van der Waals surface area contributed by atoms with Crippen molar-refractivity contribution < 1.29 is 14.3 Å². The molecule has 0 saturated heterocycles. The zero-order chi connectivity index (χ0) is 17.2. The van der Waals surface area contributed by atoms with Gasteiger partial charge < -0.3 is 15.8 Å². The lowest BCUT2D eigenvalue weighted by Crippen LogP contribution is -2.41. The molecule has 128 valence electrons. The van der Waals surface area contributed by atoms with Crippen LogP contribution in [-0.2, 0) is 4.79 Å². The standard InChI is InChI=1S/C18H28N2O3/c1-13(2)10-16(12-19)20-18(22)8-5-9-23-17-7-4-6-15(11-17)14(3)21/h4,6-7,11,13,16H,5,8-10,12,19H2,1-3H3,(H,20,22). The van der Waals surface area contributed by atoms with E-state index in [4.69, 9.17) is 10.5 Å². The molecule has 0 aliphatic carbocycles. The van der Waals surface area contributed by atoms with E-state index in [1.807, 2.05) is 0 Å². The molecule has 1 unspecified atom stereocenters. The lowest BCUT2D eigenvalue weighted by molar-refractivity contribution is -0.122. The van der Waals surface area contributed by atoms with E-state index < -0.39 is 0 Å². The molecule has 0 spiro atoms. The zero-order valence-electron chi connectivity index (χ0n) is 14.3. The van der Waals surface area contributed by atoms with Crippen LogP contribution in [0.5, 0.6) is 5.75 Å². The van der Waals surface area contributed by atoms with E-state index in [1.54, 1.807) is 24.3 Å². The molecule has 1 atom stereocenters. The second-order valence-corrected chi connectivity index (χ2v) is 6.17. The maximum Gasteiger partial charge on any atom is 0.220 e. The predicted octanol–water partition coefficient (Wildman–Crippen LogP) is 2.54. The van der Waals surface area contributed by atoms with Gasteiger partial charge >= 0.3 is 0 Å². The van der Waals surface area contributed by atoms with E-state index >= 15 is 0 Å². The van der Waals surface area contributed by atoms with Crippen molar-refractivity contribution in [1.82, 2.24) is 5.32 Å². The van der Waals surface area contributed by atoms with E-state index in [0.717, 1.165) is 6.42 Å². The van der Waals surface area contributed by atoms with Crippen molar-refractivity contribution in [3.05, 3.63) is 29.8 Å². The molecule has 1 amide bonds. The Morgan fingerprint density at radius 1 is 1.30 bits per heavy atom. The van der Waals surface area contributed by atoms with Crippen LogP contribution >= 0.6 is 0 Å². The Morgan fingerprint density at radius 3 is 2.65 bits per heavy atom. The number of amides is 1. The molecule has 0 fully saturated rings. The Hall–Kier alpha value is -1.88. The summed E-state index contributed by atoms with van der Waals surface area (Å²) in [5.41, 5.74) is 6.30. The number of ether oxygens (including phenoxy) is 1. The third kappa shape index (κ3) is 7.79. The van der Waals surface area contributed by atoms with Gasteiger partial charge in [-0.2, -0.15) is 0 Å². The number of carbonyl (C=O) groups is 2. The third-order valence-electron chi connectivity index (χ3n) is 3.46. The Balaban J connectivity index is 2.30. The first-order chi connectivity index (χ1) is 10.9. The summed E-state index contributed by atoms with van der Waals surface area (Å²) < 4.78 is 5.59. The van der Waals surface area contributed by atoms with Crippen LogP contribution < -0.4 is 15.8 Å². The van der Waals surface area contributed by atoms with Gasteiger partial charge in [0.2, 0.25) is 5.91 Å². The number of ketones is 1. The van der Waals surface area contributed by atoms with Gasteiger partial charge in [0.15, 0.2) is 5.78 Å². The lowest BCUT2D eigenvalue weighted by Gasteiger charge is -2.18. The highest BCUT2D eigenvalue weighted by Gasteiger charge is 2.12. The first kappa shape index (κ1) is 19.2. The van der Waals surface area contributed by atoms with E-state index in [0.29, 0.717) is 43.2 Å². The highest BCUT2D eigenvalue weighted by atomic mass is 16.5. The second kappa shape index (κ2) is 10.0. The van der Waals surface area contributed by atoms with Gasteiger partial charge in [0.25, 0.3) is 0 Å². The zero-order valence-corrected chi connectivity index (χ0v) is 14.3. The number of Topliss-reactive ketones (excluding diaryl/α,β-unsaturated/α-hetero) is 1. The van der Waals surface area contributed by atoms with Crippen molar-refractivity contribution in [3.63, 3.8) is 0 Å². The van der Waals surface area contributed by atoms with Crippen LogP contribution in [0.4, 0.5) is 0 Å². The molecular formula is C18H28N2O3. The van der Waals surface area contributed by atoms with Crippen molar-refractivity contribution in [1.29, 1.82) is 0 Å². The van der Waals surface area contributed by atoms with Crippen molar-refractivity contribution >= 4 is 11.7 Å². The quantitative estimate of drug-likeness (QED) is 0.513. The molecule has 23 heavy (non-hydrogen) atoms. The minimum atomic E-state index is 0.00202. The van der Waals surface area contributed by atoms with E-state index in [-0.39, 0.29) is 17.7 Å². The van der Waals surface area contributed by atoms with Gasteiger partial charge in [0, 0.05) is 24.6 Å². The first-order valence-electron chi connectivity index (χ1n) is 8.15. The molecule has 5 heteroatoms. The van der Waals surface area contributed by atoms with Gasteiger partial charge in [-0.15, -0.1) is 0 Å². The van der Waals surface area contributed by atoms with Crippen LogP contribution in [0, 0.1) is 5.92 Å². The van der Waals surface area contributed by atoms with Crippen LogP contribution in [0.1, 0.15) is 50.4 Å². The van der Waals surface area contributed by atoms with Gasteiger partial charge in [-0.25, -0.2) is 0 Å². The van der Waals surface area contributed by atoms with Crippen LogP contribution in [0.15, 0.2) is 24.3 Å². The lowest BCUT2D eigenvalue weighted by atomic mass is 10.0. The Bertz CT molecular complexity index is 515. The predicted molar refractivity (Wildman–Crippen MR) is 91.6 cm³/mol. The largest absolute Gasteiger partial charge is 0.494 e. The SMILES string of the molecule is CC(=O)c1cccc(OCCCC(=O)NC(CN)CC(C)C)c1. The Kier molecular flexibility index (Phi) is 8.33. The summed E-state index contributed by atoms with van der Waals surface area (Å²) in [5, 5.41) is 2.96. The molecule has 1 aromatic rings. The molecule has 0 saturated carbocycles. The average Bonchev–Trinajstić information content (AvgIpc) is 2.50. The van der Waals surface area contributed by atoms with E-state index in [1.165, 1.54) is 6.92 Å². The summed E-state index contributed by atoms with van der Waals surface area (Å²) in [5.74, 6) is 1.16. The summed E-state index contributed by atoms with van der Waals surface area (Å²) in [6.07, 6.45) is 1.91. The van der Waals surface area contributed by atoms with Gasteiger partial charge in [0.05, 0.1) is 6.61 Å². The van der Waals surface area contributed by atoms with Crippen LogP contribution in [0.3, 0.4) is 0 Å². The van der Waals surface area contributed by atoms with E-state index in [2.05, 4.69) is 19.2 Å². The fourth-order valence-electron chi connectivity index (χ4n) is 2.31. The number of carbonyl (C=O) groups excluding carboxylic acids is 2. The molecule has 0 radical (unpaired) electrons. The Morgan fingerprint density at radius 2 is 2.04 bits per heavy atom. The Labute approximate surface area is 138 Å². The minimum absolute atomic E-state index is 0.00202.